The number of carbonyl (C=O) groups is 2. The lowest BCUT2D eigenvalue weighted by Crippen LogP contribution is -2.43. The van der Waals surface area contributed by atoms with Crippen molar-refractivity contribution in [3.63, 3.8) is 0 Å². The van der Waals surface area contributed by atoms with Gasteiger partial charge in [0.15, 0.2) is 5.69 Å². The van der Waals surface area contributed by atoms with E-state index in [2.05, 4.69) is 26.3 Å². The van der Waals surface area contributed by atoms with Crippen LogP contribution in [0.1, 0.15) is 28.7 Å². The van der Waals surface area contributed by atoms with Crippen molar-refractivity contribution < 1.29 is 14.7 Å². The number of nitrogens with zero attached hydrogens (tertiary/aromatic N) is 3. The lowest BCUT2D eigenvalue weighted by Gasteiger charge is -2.27. The number of rotatable bonds is 3. The number of aromatic carboxylic acids is 1. The van der Waals surface area contributed by atoms with E-state index in [-0.39, 0.29) is 18.3 Å². The van der Waals surface area contributed by atoms with Gasteiger partial charge in [-0.2, -0.15) is 5.10 Å². The first-order valence-corrected chi connectivity index (χ1v) is 8.43. The summed E-state index contributed by atoms with van der Waals surface area (Å²) in [4.78, 5) is 25.2. The first-order chi connectivity index (χ1) is 11.5. The van der Waals surface area contributed by atoms with Gasteiger partial charge in [0.25, 0.3) is 0 Å². The van der Waals surface area contributed by atoms with Crippen molar-refractivity contribution in [1.82, 2.24) is 20.0 Å². The summed E-state index contributed by atoms with van der Waals surface area (Å²) < 4.78 is 2.61. The third kappa shape index (κ3) is 3.01. The maximum Gasteiger partial charge on any atom is 0.356 e. The molecule has 1 aromatic heterocycles. The van der Waals surface area contributed by atoms with E-state index in [0.717, 1.165) is 15.9 Å². The van der Waals surface area contributed by atoms with Crippen molar-refractivity contribution in [3.05, 3.63) is 45.7 Å². The van der Waals surface area contributed by atoms with Gasteiger partial charge in [-0.3, -0.25) is 0 Å². The Labute approximate surface area is 147 Å². The van der Waals surface area contributed by atoms with Crippen LogP contribution >= 0.6 is 15.9 Å². The van der Waals surface area contributed by atoms with Gasteiger partial charge in [-0.25, -0.2) is 14.3 Å². The molecule has 24 heavy (non-hydrogen) atoms. The average molecular weight is 393 g/mol. The lowest BCUT2D eigenvalue weighted by atomic mass is 10.1. The highest BCUT2D eigenvalue weighted by molar-refractivity contribution is 9.10. The second kappa shape index (κ2) is 6.64. The lowest BCUT2D eigenvalue weighted by molar-refractivity contribution is 0.0687. The summed E-state index contributed by atoms with van der Waals surface area (Å²) in [7, 11) is 0. The molecule has 8 heteroatoms. The maximum atomic E-state index is 12.0. The molecule has 0 bridgehead atoms. The molecule has 0 unspecified atom stereocenters. The Hall–Kier alpha value is -2.35. The predicted octanol–water partition coefficient (Wildman–Crippen LogP) is 2.42. The van der Waals surface area contributed by atoms with Crippen LogP contribution in [0.3, 0.4) is 0 Å². The molecule has 126 valence electrons. The van der Waals surface area contributed by atoms with Crippen LogP contribution in [0.25, 0.3) is 5.69 Å². The van der Waals surface area contributed by atoms with Gasteiger partial charge in [-0.15, -0.1) is 0 Å². The Morgan fingerprint density at radius 3 is 2.67 bits per heavy atom. The Kier molecular flexibility index (Phi) is 4.57. The van der Waals surface area contributed by atoms with Gasteiger partial charge >= 0.3 is 12.0 Å². The largest absolute Gasteiger partial charge is 0.476 e. The number of aromatic nitrogens is 2. The standard InChI is InChI=1S/C16H17BrN4O3/c1-2-18-16(24)20-8-7-13-12(9-20)14(15(22)23)19-21(13)11-5-3-10(17)4-6-11/h3-6H,2,7-9H2,1H3,(H,18,24)(H,22,23). The molecular formula is C16H17BrN4O3. The summed E-state index contributed by atoms with van der Waals surface area (Å²) in [5.41, 5.74) is 2.24. The number of urea groups is 1. The van der Waals surface area contributed by atoms with Crippen LogP contribution in [-0.2, 0) is 13.0 Å². The molecule has 1 aliphatic heterocycles. The molecule has 0 radical (unpaired) electrons. The number of fused-ring (bicyclic) bond motifs is 1. The van der Waals surface area contributed by atoms with E-state index in [4.69, 9.17) is 0 Å². The Bertz CT molecular complexity index is 785. The van der Waals surface area contributed by atoms with Crippen molar-refractivity contribution in [3.8, 4) is 5.69 Å². The fourth-order valence-electron chi connectivity index (χ4n) is 2.82. The van der Waals surface area contributed by atoms with Crippen LogP contribution in [0, 0.1) is 0 Å². The molecule has 2 heterocycles. The van der Waals surface area contributed by atoms with Gasteiger partial charge in [-0.1, -0.05) is 15.9 Å². The normalized spacial score (nSPS) is 13.5. The van der Waals surface area contributed by atoms with Crippen molar-refractivity contribution >= 4 is 27.9 Å². The van der Waals surface area contributed by atoms with Crippen molar-refractivity contribution in [1.29, 1.82) is 0 Å². The second-order valence-corrected chi connectivity index (χ2v) is 6.39. The minimum absolute atomic E-state index is 0.00178. The number of carboxylic acid groups (broad SMARTS) is 1. The van der Waals surface area contributed by atoms with Crippen LogP contribution in [0.4, 0.5) is 4.79 Å². The van der Waals surface area contributed by atoms with E-state index in [0.29, 0.717) is 25.1 Å². The van der Waals surface area contributed by atoms with Gasteiger partial charge < -0.3 is 15.3 Å². The zero-order valence-electron chi connectivity index (χ0n) is 13.1. The van der Waals surface area contributed by atoms with Crippen molar-refractivity contribution in [2.75, 3.05) is 13.1 Å². The minimum atomic E-state index is -1.08. The van der Waals surface area contributed by atoms with Crippen LogP contribution in [0.2, 0.25) is 0 Å². The highest BCUT2D eigenvalue weighted by Gasteiger charge is 2.30. The molecule has 0 fully saturated rings. The summed E-state index contributed by atoms with van der Waals surface area (Å²) in [6.07, 6.45) is 0.558. The average Bonchev–Trinajstić information content (AvgIpc) is 2.95. The number of hydrogen-bond donors (Lipinski definition) is 2. The quantitative estimate of drug-likeness (QED) is 0.839. The van der Waals surface area contributed by atoms with Crippen molar-refractivity contribution in [2.24, 2.45) is 0 Å². The number of amides is 2. The third-order valence-electron chi connectivity index (χ3n) is 3.95. The van der Waals surface area contributed by atoms with Crippen LogP contribution in [-0.4, -0.2) is 44.9 Å². The predicted molar refractivity (Wildman–Crippen MR) is 91.4 cm³/mol. The van der Waals surface area contributed by atoms with E-state index in [1.165, 1.54) is 0 Å². The third-order valence-corrected chi connectivity index (χ3v) is 4.48. The van der Waals surface area contributed by atoms with Crippen LogP contribution in [0.15, 0.2) is 28.7 Å². The summed E-state index contributed by atoms with van der Waals surface area (Å²) in [5.74, 6) is -1.08. The number of carboxylic acids is 1. The monoisotopic (exact) mass is 392 g/mol. The van der Waals surface area contributed by atoms with E-state index in [1.54, 1.807) is 9.58 Å². The molecule has 1 aliphatic rings. The first kappa shape index (κ1) is 16.5. The van der Waals surface area contributed by atoms with E-state index >= 15 is 0 Å². The molecule has 0 spiro atoms. The molecule has 1 aromatic carbocycles. The SMILES string of the molecule is CCNC(=O)N1CCc2c(c(C(=O)O)nn2-c2ccc(Br)cc2)C1. The zero-order valence-corrected chi connectivity index (χ0v) is 14.7. The zero-order chi connectivity index (χ0) is 17.3. The molecule has 2 N–H and O–H groups in total. The Balaban J connectivity index is 2.01. The summed E-state index contributed by atoms with van der Waals surface area (Å²) in [5, 5.41) is 16.5. The molecule has 7 nitrogen and oxygen atoms in total. The highest BCUT2D eigenvalue weighted by Crippen LogP contribution is 2.26. The van der Waals surface area contributed by atoms with Gasteiger partial charge in [-0.05, 0) is 31.2 Å². The number of halogens is 1. The first-order valence-electron chi connectivity index (χ1n) is 7.64. The smallest absolute Gasteiger partial charge is 0.356 e. The molecule has 0 saturated carbocycles. The fraction of sp³-hybridized carbons (Fsp3) is 0.312. The fourth-order valence-corrected chi connectivity index (χ4v) is 3.09. The Morgan fingerprint density at radius 2 is 2.04 bits per heavy atom. The van der Waals surface area contributed by atoms with Crippen LogP contribution < -0.4 is 5.32 Å². The topological polar surface area (TPSA) is 87.5 Å². The van der Waals surface area contributed by atoms with Gasteiger partial charge in [0, 0.05) is 29.5 Å². The van der Waals surface area contributed by atoms with Gasteiger partial charge in [0.1, 0.15) is 0 Å². The van der Waals surface area contributed by atoms with Gasteiger partial charge in [0.2, 0.25) is 0 Å². The Morgan fingerprint density at radius 1 is 1.33 bits per heavy atom. The maximum absolute atomic E-state index is 12.0. The molecule has 0 saturated heterocycles. The van der Waals surface area contributed by atoms with E-state index in [1.807, 2.05) is 31.2 Å². The van der Waals surface area contributed by atoms with Gasteiger partial charge in [0.05, 0.1) is 17.9 Å². The number of benzene rings is 1. The van der Waals surface area contributed by atoms with E-state index in [9.17, 15) is 14.7 Å². The highest BCUT2D eigenvalue weighted by atomic mass is 79.9. The molecular weight excluding hydrogens is 376 g/mol. The van der Waals surface area contributed by atoms with E-state index < -0.39 is 5.97 Å². The summed E-state index contributed by atoms with van der Waals surface area (Å²) in [6.45, 7) is 3.16. The molecule has 0 atom stereocenters. The minimum Gasteiger partial charge on any atom is -0.476 e. The number of hydrogen-bond acceptors (Lipinski definition) is 3. The van der Waals surface area contributed by atoms with Crippen molar-refractivity contribution in [2.45, 2.75) is 19.9 Å². The number of carbonyl (C=O) groups excluding carboxylic acids is 1. The molecule has 2 aromatic rings. The summed E-state index contributed by atoms with van der Waals surface area (Å²) in [6, 6.07) is 7.33. The number of nitrogens with one attached hydrogen (secondary N) is 1. The molecule has 0 aliphatic carbocycles. The summed E-state index contributed by atoms with van der Waals surface area (Å²) >= 11 is 3.38. The molecule has 2 amide bonds. The second-order valence-electron chi connectivity index (χ2n) is 5.47. The van der Waals surface area contributed by atoms with Crippen LogP contribution in [0.5, 0.6) is 0 Å². The molecule has 3 rings (SSSR count).